The molecule has 2 amide bonds. The van der Waals surface area contributed by atoms with Gasteiger partial charge in [0.15, 0.2) is 11.9 Å². The van der Waals surface area contributed by atoms with E-state index in [1.165, 1.54) is 6.92 Å². The summed E-state index contributed by atoms with van der Waals surface area (Å²) in [5, 5.41) is 21.0. The van der Waals surface area contributed by atoms with Crippen LogP contribution in [0.2, 0.25) is 36.3 Å². The van der Waals surface area contributed by atoms with Gasteiger partial charge in [0, 0.05) is 57.4 Å². The number of esters is 1. The number of aromatic nitrogens is 3. The van der Waals surface area contributed by atoms with Crippen LogP contribution in [-0.2, 0) is 25.7 Å². The van der Waals surface area contributed by atoms with Crippen molar-refractivity contribution in [1.29, 1.82) is 0 Å². The maximum Gasteiger partial charge on any atom is 0.344 e. The van der Waals surface area contributed by atoms with Gasteiger partial charge in [0.05, 0.1) is 11.5 Å². The van der Waals surface area contributed by atoms with E-state index in [0.29, 0.717) is 50.8 Å². The molecule has 1 aliphatic heterocycles. The summed E-state index contributed by atoms with van der Waals surface area (Å²) < 4.78 is 21.0. The summed E-state index contributed by atoms with van der Waals surface area (Å²) in [5.74, 6) is -0.538. The van der Waals surface area contributed by atoms with Crippen LogP contribution in [0.5, 0.6) is 11.5 Å². The Balaban J connectivity index is 1.64. The second-order valence-corrected chi connectivity index (χ2v) is 29.4. The number of carboxylic acid groups (broad SMARTS) is 1. The van der Waals surface area contributed by atoms with Crippen molar-refractivity contribution in [2.45, 2.75) is 144 Å². The van der Waals surface area contributed by atoms with Gasteiger partial charge in [0.25, 0.3) is 14.2 Å². The Kier molecular flexibility index (Phi) is 16.1. The number of piperazine rings is 1. The van der Waals surface area contributed by atoms with Gasteiger partial charge in [-0.05, 0) is 91.8 Å². The number of nitrogens with one attached hydrogen (secondary N) is 1. The fraction of sp³-hybridized carbons (Fsp3) is 0.609. The normalized spacial score (nSPS) is 15.3. The van der Waals surface area contributed by atoms with Crippen molar-refractivity contribution in [2.24, 2.45) is 5.92 Å². The van der Waals surface area contributed by atoms with Crippen LogP contribution in [-0.4, -0.2) is 109 Å². The highest BCUT2D eigenvalue weighted by Crippen LogP contribution is 2.46. The Morgan fingerprint density at radius 1 is 0.823 bits per heavy atom. The largest absolute Gasteiger partial charge is 0.543 e. The molecule has 0 radical (unpaired) electrons. The van der Waals surface area contributed by atoms with E-state index in [-0.39, 0.29) is 46.5 Å². The number of ether oxygens (including phenoxy) is 1. The highest BCUT2D eigenvalue weighted by atomic mass is 28.4. The minimum absolute atomic E-state index is 0.0208. The molecule has 1 unspecified atom stereocenters. The zero-order valence-electron chi connectivity index (χ0n) is 39.9. The molecular weight excluding hydrogens is 821 g/mol. The SMILES string of the molecule is CCNC(=O)c1nnc(-c2cc(C(C)C)c(O[Si](C)(C)C(C)(C)C)cc2O[Si](C)(C)C(C)(C)C)n1-c1ccc(CN2CCN(C(=O)CCC(C)C(=O)O[C@@H](C)C(=O)O)CC2)cc1. The first-order chi connectivity index (χ1) is 28.7. The Morgan fingerprint density at radius 2 is 1.39 bits per heavy atom. The van der Waals surface area contributed by atoms with Gasteiger partial charge in [0.2, 0.25) is 20.0 Å². The van der Waals surface area contributed by atoms with Gasteiger partial charge < -0.3 is 28.9 Å². The van der Waals surface area contributed by atoms with E-state index < -0.39 is 40.6 Å². The average Bonchev–Trinajstić information content (AvgIpc) is 3.61. The van der Waals surface area contributed by atoms with E-state index in [0.717, 1.165) is 28.1 Å². The first-order valence-electron chi connectivity index (χ1n) is 22.0. The van der Waals surface area contributed by atoms with Crippen LogP contribution in [0.4, 0.5) is 0 Å². The van der Waals surface area contributed by atoms with Crippen molar-refractivity contribution in [3.05, 3.63) is 53.3 Å². The van der Waals surface area contributed by atoms with Crippen molar-refractivity contribution in [3.8, 4) is 28.6 Å². The molecule has 0 saturated carbocycles. The number of nitrogens with zero attached hydrogens (tertiary/aromatic N) is 5. The predicted molar refractivity (Wildman–Crippen MR) is 248 cm³/mol. The Morgan fingerprint density at radius 3 is 1.90 bits per heavy atom. The number of hydrogen-bond donors (Lipinski definition) is 2. The number of benzene rings is 2. The van der Waals surface area contributed by atoms with Gasteiger partial charge in [-0.25, -0.2) is 4.79 Å². The van der Waals surface area contributed by atoms with E-state index in [9.17, 15) is 19.2 Å². The van der Waals surface area contributed by atoms with Gasteiger partial charge in [0.1, 0.15) is 11.5 Å². The van der Waals surface area contributed by atoms with Crippen molar-refractivity contribution >= 4 is 40.4 Å². The molecule has 0 aliphatic carbocycles. The molecule has 2 heterocycles. The summed E-state index contributed by atoms with van der Waals surface area (Å²) in [4.78, 5) is 54.0. The van der Waals surface area contributed by atoms with Crippen LogP contribution >= 0.6 is 0 Å². The minimum atomic E-state index is -2.40. The Labute approximate surface area is 371 Å². The summed E-state index contributed by atoms with van der Waals surface area (Å²) >= 11 is 0. The van der Waals surface area contributed by atoms with E-state index in [1.807, 2.05) is 40.7 Å². The van der Waals surface area contributed by atoms with Crippen LogP contribution in [0.15, 0.2) is 36.4 Å². The third-order valence-corrected chi connectivity index (χ3v) is 21.4. The number of rotatable bonds is 17. The lowest BCUT2D eigenvalue weighted by molar-refractivity contribution is -0.165. The summed E-state index contributed by atoms with van der Waals surface area (Å²) in [6.45, 7) is 35.0. The van der Waals surface area contributed by atoms with E-state index in [2.05, 4.69) is 109 Å². The van der Waals surface area contributed by atoms with E-state index in [1.54, 1.807) is 6.92 Å². The number of carbonyl (C=O) groups is 4. The molecule has 2 atom stereocenters. The molecule has 16 heteroatoms. The molecule has 3 aromatic rings. The molecule has 1 saturated heterocycles. The van der Waals surface area contributed by atoms with Crippen molar-refractivity contribution in [2.75, 3.05) is 32.7 Å². The molecule has 14 nitrogen and oxygen atoms in total. The van der Waals surface area contributed by atoms with Crippen molar-refractivity contribution in [3.63, 3.8) is 0 Å². The maximum absolute atomic E-state index is 13.6. The molecular formula is C46H72N6O8Si2. The van der Waals surface area contributed by atoms with Crippen LogP contribution in [0.1, 0.15) is 117 Å². The minimum Gasteiger partial charge on any atom is -0.543 e. The van der Waals surface area contributed by atoms with Crippen molar-refractivity contribution in [1.82, 2.24) is 29.9 Å². The van der Waals surface area contributed by atoms with Crippen LogP contribution in [0, 0.1) is 5.92 Å². The molecule has 0 bridgehead atoms. The maximum atomic E-state index is 13.6. The summed E-state index contributed by atoms with van der Waals surface area (Å²) in [7, 11) is -4.65. The molecule has 1 aliphatic rings. The average molecular weight is 893 g/mol. The Hall–Kier alpha value is -4.55. The second-order valence-electron chi connectivity index (χ2n) is 20.0. The highest BCUT2D eigenvalue weighted by Gasteiger charge is 2.42. The van der Waals surface area contributed by atoms with E-state index >= 15 is 0 Å². The van der Waals surface area contributed by atoms with Gasteiger partial charge in [-0.15, -0.1) is 10.2 Å². The molecule has 4 rings (SSSR count). The number of carboxylic acids is 1. The molecule has 0 spiro atoms. The lowest BCUT2D eigenvalue weighted by atomic mass is 9.98. The van der Waals surface area contributed by atoms with Crippen LogP contribution in [0.25, 0.3) is 17.1 Å². The van der Waals surface area contributed by atoms with Crippen molar-refractivity contribution < 1.29 is 37.9 Å². The third kappa shape index (κ3) is 12.1. The molecule has 62 heavy (non-hydrogen) atoms. The number of amides is 2. The zero-order valence-corrected chi connectivity index (χ0v) is 41.9. The quantitative estimate of drug-likeness (QED) is 0.0984. The van der Waals surface area contributed by atoms with Gasteiger partial charge >= 0.3 is 11.9 Å². The molecule has 1 aromatic heterocycles. The van der Waals surface area contributed by atoms with E-state index in [4.69, 9.17) is 23.8 Å². The Bertz CT molecular complexity index is 2060. The van der Waals surface area contributed by atoms with Gasteiger partial charge in [-0.3, -0.25) is 23.9 Å². The topological polar surface area (TPSA) is 165 Å². The first-order valence-corrected chi connectivity index (χ1v) is 27.8. The lowest BCUT2D eigenvalue weighted by Gasteiger charge is -2.39. The fourth-order valence-electron chi connectivity index (χ4n) is 6.44. The number of carbonyl (C=O) groups excluding carboxylic acids is 3. The first kappa shape index (κ1) is 50.1. The fourth-order valence-corrected chi connectivity index (χ4v) is 8.50. The predicted octanol–water partition coefficient (Wildman–Crippen LogP) is 8.65. The third-order valence-electron chi connectivity index (χ3n) is 12.7. The lowest BCUT2D eigenvalue weighted by Crippen LogP contribution is -2.48. The number of aliphatic carboxylic acids is 1. The second kappa shape index (κ2) is 19.9. The summed E-state index contributed by atoms with van der Waals surface area (Å²) in [6, 6.07) is 12.2. The smallest absolute Gasteiger partial charge is 0.344 e. The molecule has 2 N–H and O–H groups in total. The zero-order chi connectivity index (χ0) is 46.5. The van der Waals surface area contributed by atoms with Gasteiger partial charge in [-0.1, -0.05) is 74.4 Å². The van der Waals surface area contributed by atoms with Gasteiger partial charge in [-0.2, -0.15) is 0 Å². The number of hydrogen-bond acceptors (Lipinski definition) is 10. The summed E-state index contributed by atoms with van der Waals surface area (Å²) in [5.41, 5.74) is 3.57. The highest BCUT2D eigenvalue weighted by molar-refractivity contribution is 6.75. The van der Waals surface area contributed by atoms with Crippen LogP contribution < -0.4 is 14.2 Å². The van der Waals surface area contributed by atoms with Crippen LogP contribution in [0.3, 0.4) is 0 Å². The monoisotopic (exact) mass is 892 g/mol. The molecule has 2 aromatic carbocycles. The molecule has 1 fully saturated rings. The molecule has 342 valence electrons. The standard InChI is InChI=1S/C46H72N6O8Si2/c1-16-47-42(54)41-49-48-40(36-27-35(30(2)3)37(59-61(12,13)45(6,7)8)28-38(36)60-62(14,15)46(9,10)11)52(41)34-20-18-33(19-21-34)29-50-23-25-51(26-24-50)39(53)22-17-31(4)44(57)58-32(5)43(55)56/h18-21,27-28,30-32H,16-17,22-26,29H2,1-15H3,(H,47,54)(H,55,56)/t31?,32-/m0/s1. The summed E-state index contributed by atoms with van der Waals surface area (Å²) in [6.07, 6.45) is -0.765.